The van der Waals surface area contributed by atoms with Gasteiger partial charge in [0.2, 0.25) is 0 Å². The smallest absolute Gasteiger partial charge is 0.197 e. The molecule has 5 heteroatoms. The van der Waals surface area contributed by atoms with Gasteiger partial charge in [-0.25, -0.2) is 0 Å². The molecule has 128 valence electrons. The summed E-state index contributed by atoms with van der Waals surface area (Å²) in [5, 5.41) is 11.2. The van der Waals surface area contributed by atoms with Gasteiger partial charge in [-0.2, -0.15) is 0 Å². The minimum Gasteiger partial charge on any atom is -0.504 e. The molecule has 0 atom stereocenters. The quantitative estimate of drug-likeness (QED) is 0.689. The normalized spacial score (nSPS) is 15.2. The van der Waals surface area contributed by atoms with E-state index in [4.69, 9.17) is 9.47 Å². The average molecular weight is 337 g/mol. The van der Waals surface area contributed by atoms with E-state index in [1.165, 1.54) is 13.2 Å². The highest BCUT2D eigenvalue weighted by Crippen LogP contribution is 2.39. The van der Waals surface area contributed by atoms with E-state index in [2.05, 4.69) is 0 Å². The Kier molecular flexibility index (Phi) is 3.13. The van der Waals surface area contributed by atoms with Crippen LogP contribution in [-0.2, 0) is 7.05 Å². The highest BCUT2D eigenvalue weighted by atomic mass is 16.5. The lowest BCUT2D eigenvalue weighted by atomic mass is 9.98. The number of phenols is 1. The molecule has 0 saturated heterocycles. The van der Waals surface area contributed by atoms with Crippen molar-refractivity contribution in [1.29, 1.82) is 0 Å². The molecule has 5 nitrogen and oxygen atoms in total. The third kappa shape index (κ3) is 2.12. The first-order valence-electron chi connectivity index (χ1n) is 8.07. The first-order chi connectivity index (χ1) is 11.8. The van der Waals surface area contributed by atoms with Crippen LogP contribution < -0.4 is 14.9 Å². The lowest BCUT2D eigenvalue weighted by molar-refractivity contribution is 0.159. The predicted octanol–water partition coefficient (Wildman–Crippen LogP) is 3.59. The molecule has 0 unspecified atom stereocenters. The number of methoxy groups -OCH3 is 1. The van der Waals surface area contributed by atoms with Crippen LogP contribution in [0.4, 0.5) is 0 Å². The number of aromatic hydroxyl groups is 1. The topological polar surface area (TPSA) is 60.7 Å². The minimum atomic E-state index is -0.396. The van der Waals surface area contributed by atoms with Crippen LogP contribution in [0, 0.1) is 0 Å². The summed E-state index contributed by atoms with van der Waals surface area (Å²) in [5.41, 5.74) is 1.68. The molecule has 0 bridgehead atoms. The third-order valence-corrected chi connectivity index (χ3v) is 4.68. The first-order valence-corrected chi connectivity index (χ1v) is 8.07. The Balaban J connectivity index is 2.23. The van der Waals surface area contributed by atoms with Gasteiger partial charge >= 0.3 is 0 Å². The maximum atomic E-state index is 13.0. The number of pyridine rings is 1. The molecule has 0 saturated carbocycles. The summed E-state index contributed by atoms with van der Waals surface area (Å²) in [6.07, 6.45) is 3.96. The molecule has 0 fully saturated rings. The molecular formula is C20H19NO4. The average Bonchev–Trinajstić information content (AvgIpc) is 2.57. The maximum Gasteiger partial charge on any atom is 0.197 e. The number of fused-ring (bicyclic) bond motifs is 4. The number of aromatic nitrogens is 1. The number of phenolic OH excluding ortho intramolecular Hbond substituents is 1. The number of benzene rings is 2. The van der Waals surface area contributed by atoms with E-state index in [1.54, 1.807) is 12.1 Å². The number of hydrogen-bond donors (Lipinski definition) is 1. The Hall–Kier alpha value is -2.95. The number of hydrogen-bond acceptors (Lipinski definition) is 4. The molecule has 4 rings (SSSR count). The molecule has 1 N–H and O–H groups in total. The Labute approximate surface area is 144 Å². The minimum absolute atomic E-state index is 0.00192. The Morgan fingerprint density at radius 1 is 1.12 bits per heavy atom. The largest absolute Gasteiger partial charge is 0.504 e. The van der Waals surface area contributed by atoms with Gasteiger partial charge in [-0.3, -0.25) is 4.79 Å². The summed E-state index contributed by atoms with van der Waals surface area (Å²) in [4.78, 5) is 13.0. The van der Waals surface area contributed by atoms with E-state index in [0.29, 0.717) is 16.3 Å². The molecule has 0 amide bonds. The van der Waals surface area contributed by atoms with Crippen molar-refractivity contribution < 1.29 is 14.6 Å². The molecule has 1 aliphatic heterocycles. The van der Waals surface area contributed by atoms with Gasteiger partial charge in [0.05, 0.1) is 23.5 Å². The number of aryl methyl sites for hydroxylation is 1. The van der Waals surface area contributed by atoms with E-state index >= 15 is 0 Å². The van der Waals surface area contributed by atoms with Crippen LogP contribution >= 0.6 is 0 Å². The van der Waals surface area contributed by atoms with E-state index in [-0.39, 0.29) is 16.9 Å². The molecule has 25 heavy (non-hydrogen) atoms. The van der Waals surface area contributed by atoms with Crippen LogP contribution in [0.3, 0.4) is 0 Å². The van der Waals surface area contributed by atoms with Gasteiger partial charge in [0, 0.05) is 18.0 Å². The summed E-state index contributed by atoms with van der Waals surface area (Å²) in [6, 6.07) is 6.75. The van der Waals surface area contributed by atoms with Crippen LogP contribution in [0.2, 0.25) is 0 Å². The SMILES string of the molecule is COc1c(O)ccc2c(=O)c3ccc4c(c3n(C)c12)C=CC(C)(C)O4. The second kappa shape index (κ2) is 5.02. The number of nitrogens with zero attached hydrogens (tertiary/aromatic N) is 1. The first kappa shape index (κ1) is 15.6. The van der Waals surface area contributed by atoms with Crippen molar-refractivity contribution in [3.8, 4) is 17.2 Å². The van der Waals surface area contributed by atoms with Crippen LogP contribution in [0.15, 0.2) is 35.1 Å². The van der Waals surface area contributed by atoms with Crippen LogP contribution in [0.1, 0.15) is 19.4 Å². The van der Waals surface area contributed by atoms with Gasteiger partial charge < -0.3 is 19.1 Å². The third-order valence-electron chi connectivity index (χ3n) is 4.68. The Morgan fingerprint density at radius 2 is 1.80 bits per heavy atom. The summed E-state index contributed by atoms with van der Waals surface area (Å²) >= 11 is 0. The zero-order valence-corrected chi connectivity index (χ0v) is 14.6. The van der Waals surface area contributed by atoms with Crippen molar-refractivity contribution >= 4 is 27.9 Å². The molecule has 0 spiro atoms. The van der Waals surface area contributed by atoms with Crippen molar-refractivity contribution in [2.24, 2.45) is 7.05 Å². The lowest BCUT2D eigenvalue weighted by Gasteiger charge is -2.29. The van der Waals surface area contributed by atoms with Crippen molar-refractivity contribution in [1.82, 2.24) is 4.57 Å². The zero-order valence-electron chi connectivity index (χ0n) is 14.6. The number of ether oxygens (including phenoxy) is 2. The molecule has 0 aliphatic carbocycles. The lowest BCUT2D eigenvalue weighted by Crippen LogP contribution is -2.28. The highest BCUT2D eigenvalue weighted by Gasteiger charge is 2.25. The molecular weight excluding hydrogens is 318 g/mol. The molecule has 2 aromatic carbocycles. The van der Waals surface area contributed by atoms with Gasteiger partial charge in [0.1, 0.15) is 11.4 Å². The summed E-state index contributed by atoms with van der Waals surface area (Å²) in [6.45, 7) is 3.97. The second-order valence-electron chi connectivity index (χ2n) is 6.81. The van der Waals surface area contributed by atoms with Crippen molar-refractivity contribution in [2.45, 2.75) is 19.4 Å². The molecule has 3 aromatic rings. The van der Waals surface area contributed by atoms with Gasteiger partial charge in [-0.15, -0.1) is 0 Å². The van der Waals surface area contributed by atoms with Crippen molar-refractivity contribution in [3.63, 3.8) is 0 Å². The van der Waals surface area contributed by atoms with Crippen LogP contribution in [0.5, 0.6) is 17.2 Å². The molecule has 1 aliphatic rings. The standard InChI is InChI=1S/C20H19NO4/c1-20(2)10-9-11-15(25-20)8-6-12-16(11)21(3)17-13(18(12)23)5-7-14(22)19(17)24-4/h5-10,22H,1-4H3. The highest BCUT2D eigenvalue weighted by molar-refractivity contribution is 6.01. The summed E-state index contributed by atoms with van der Waals surface area (Å²) in [7, 11) is 3.34. The van der Waals surface area contributed by atoms with Gasteiger partial charge in [0.15, 0.2) is 16.9 Å². The van der Waals surface area contributed by atoms with Gasteiger partial charge in [-0.1, -0.05) is 0 Å². The Bertz CT molecular complexity index is 1120. The van der Waals surface area contributed by atoms with E-state index < -0.39 is 5.60 Å². The predicted molar refractivity (Wildman–Crippen MR) is 98.7 cm³/mol. The van der Waals surface area contributed by atoms with E-state index in [0.717, 1.165) is 16.8 Å². The van der Waals surface area contributed by atoms with E-state index in [1.807, 2.05) is 43.7 Å². The Morgan fingerprint density at radius 3 is 2.52 bits per heavy atom. The fourth-order valence-electron chi connectivity index (χ4n) is 3.52. The summed E-state index contributed by atoms with van der Waals surface area (Å²) in [5.74, 6) is 1.02. The van der Waals surface area contributed by atoms with Crippen LogP contribution in [0.25, 0.3) is 27.9 Å². The van der Waals surface area contributed by atoms with Gasteiger partial charge in [-0.05, 0) is 50.3 Å². The second-order valence-corrected chi connectivity index (χ2v) is 6.81. The van der Waals surface area contributed by atoms with Crippen molar-refractivity contribution in [2.75, 3.05) is 7.11 Å². The van der Waals surface area contributed by atoms with Gasteiger partial charge in [0.25, 0.3) is 0 Å². The molecule has 2 heterocycles. The van der Waals surface area contributed by atoms with Crippen molar-refractivity contribution in [3.05, 3.63) is 46.1 Å². The monoisotopic (exact) mass is 337 g/mol. The number of rotatable bonds is 1. The van der Waals surface area contributed by atoms with E-state index in [9.17, 15) is 9.90 Å². The zero-order chi connectivity index (χ0) is 17.9. The summed E-state index contributed by atoms with van der Waals surface area (Å²) < 4.78 is 13.3. The molecule has 1 aromatic heterocycles. The maximum absolute atomic E-state index is 13.0. The fourth-order valence-corrected chi connectivity index (χ4v) is 3.52. The van der Waals surface area contributed by atoms with Crippen LogP contribution in [-0.4, -0.2) is 22.4 Å². The molecule has 0 radical (unpaired) electrons. The fraction of sp³-hybridized carbons (Fsp3) is 0.250.